The first-order valence-corrected chi connectivity index (χ1v) is 12.9. The molecule has 1 aliphatic heterocycles. The summed E-state index contributed by atoms with van der Waals surface area (Å²) >= 11 is 0. The van der Waals surface area contributed by atoms with Gasteiger partial charge in [0.1, 0.15) is 12.4 Å². The van der Waals surface area contributed by atoms with E-state index in [0.717, 1.165) is 67.3 Å². The fourth-order valence-electron chi connectivity index (χ4n) is 4.98. The fraction of sp³-hybridized carbons (Fsp3) is 0.290. The Hall–Kier alpha value is -4.06. The molecule has 1 fully saturated rings. The van der Waals surface area contributed by atoms with Crippen molar-refractivity contribution in [1.29, 1.82) is 0 Å². The van der Waals surface area contributed by atoms with Crippen molar-refractivity contribution in [3.8, 4) is 16.9 Å². The van der Waals surface area contributed by atoms with Gasteiger partial charge in [0.15, 0.2) is 0 Å². The summed E-state index contributed by atoms with van der Waals surface area (Å²) in [5, 5.41) is 12.3. The molecule has 6 nitrogen and oxygen atoms in total. The number of carboxylic acids is 1. The molecule has 1 atom stereocenters. The molecule has 190 valence electrons. The van der Waals surface area contributed by atoms with Crippen LogP contribution in [0.1, 0.15) is 44.6 Å². The summed E-state index contributed by atoms with van der Waals surface area (Å²) in [5.74, 6) is -0.367. The topological polar surface area (TPSA) is 78.9 Å². The minimum absolute atomic E-state index is 0.0486. The fourth-order valence-corrected chi connectivity index (χ4v) is 4.98. The van der Waals surface area contributed by atoms with Crippen LogP contribution in [-0.2, 0) is 16.1 Å². The molecule has 3 aromatic carbocycles. The van der Waals surface area contributed by atoms with Crippen molar-refractivity contribution in [2.24, 2.45) is 5.92 Å². The van der Waals surface area contributed by atoms with Gasteiger partial charge in [0.05, 0.1) is 13.6 Å². The predicted octanol–water partition coefficient (Wildman–Crippen LogP) is 6.37. The minimum atomic E-state index is -1.04. The molecule has 1 heterocycles. The van der Waals surface area contributed by atoms with Crippen molar-refractivity contribution < 1.29 is 20.8 Å². The number of carbonyl (C=O) groups is 2. The Labute approximate surface area is 219 Å². The van der Waals surface area contributed by atoms with Gasteiger partial charge in [-0.1, -0.05) is 61.7 Å². The molecule has 1 unspecified atom stereocenters. The maximum atomic E-state index is 13.8. The quantitative estimate of drug-likeness (QED) is 0.371. The average Bonchev–Trinajstić information content (AvgIpc) is 2.96. The molecular weight excluding hydrogens is 464 g/mol. The number of hydrogen-bond acceptors (Lipinski definition) is 4. The molecule has 6 heteroatoms. The Bertz CT molecular complexity index is 1330. The van der Waals surface area contributed by atoms with Gasteiger partial charge < -0.3 is 20.1 Å². The largest absolute Gasteiger partial charge is 0.490 e. The van der Waals surface area contributed by atoms with E-state index in [1.165, 1.54) is 6.08 Å². The second-order valence-electron chi connectivity index (χ2n) is 9.55. The molecule has 2 aliphatic rings. The van der Waals surface area contributed by atoms with Crippen LogP contribution in [0, 0.1) is 5.92 Å². The number of aliphatic carboxylic acids is 1. The van der Waals surface area contributed by atoms with Crippen molar-refractivity contribution in [3.63, 3.8) is 0 Å². The van der Waals surface area contributed by atoms with Gasteiger partial charge in [0, 0.05) is 24.2 Å². The molecule has 37 heavy (non-hydrogen) atoms. The smallest absolute Gasteiger partial charge is 0.328 e. The van der Waals surface area contributed by atoms with E-state index in [0.29, 0.717) is 23.4 Å². The van der Waals surface area contributed by atoms with Crippen LogP contribution in [0.15, 0.2) is 72.8 Å². The Morgan fingerprint density at radius 3 is 2.59 bits per heavy atom. The van der Waals surface area contributed by atoms with Gasteiger partial charge in [0.25, 0.3) is 0 Å². The molecule has 5 rings (SSSR count). The van der Waals surface area contributed by atoms with Crippen LogP contribution >= 0.6 is 0 Å². The van der Waals surface area contributed by atoms with E-state index >= 15 is 0 Å². The first kappa shape index (κ1) is 23.3. The highest BCUT2D eigenvalue weighted by Gasteiger charge is 2.27. The molecule has 1 saturated carbocycles. The number of nitrogens with one attached hydrogen (secondary N) is 1. The maximum Gasteiger partial charge on any atom is 0.328 e. The molecule has 0 aromatic heterocycles. The molecular formula is C31H32N2O4. The number of benzene rings is 3. The van der Waals surface area contributed by atoms with E-state index in [9.17, 15) is 9.59 Å². The average molecular weight is 498 g/mol. The van der Waals surface area contributed by atoms with Crippen LogP contribution in [0.2, 0.25) is 0 Å². The third-order valence-electron chi connectivity index (χ3n) is 6.94. The highest BCUT2D eigenvalue weighted by Crippen LogP contribution is 2.33. The van der Waals surface area contributed by atoms with Crippen molar-refractivity contribution in [1.82, 2.24) is 0 Å². The van der Waals surface area contributed by atoms with E-state index in [-0.39, 0.29) is 11.8 Å². The summed E-state index contributed by atoms with van der Waals surface area (Å²) in [6.45, 7) is 0.489. The predicted molar refractivity (Wildman–Crippen MR) is 147 cm³/mol. The third kappa shape index (κ3) is 6.02. The highest BCUT2D eigenvalue weighted by molar-refractivity contribution is 5.95. The van der Waals surface area contributed by atoms with Crippen molar-refractivity contribution >= 4 is 29.3 Å². The summed E-state index contributed by atoms with van der Waals surface area (Å²) in [5.41, 5.74) is 4.98. The van der Waals surface area contributed by atoms with Gasteiger partial charge in [-0.3, -0.25) is 4.79 Å². The van der Waals surface area contributed by atoms with Gasteiger partial charge in [0.2, 0.25) is 5.91 Å². The molecule has 0 saturated heterocycles. The Morgan fingerprint density at radius 2 is 1.81 bits per heavy atom. The van der Waals surface area contributed by atoms with Gasteiger partial charge in [-0.05, 0) is 65.4 Å². The zero-order valence-corrected chi connectivity index (χ0v) is 20.7. The lowest BCUT2D eigenvalue weighted by Crippen LogP contribution is -2.36. The zero-order valence-electron chi connectivity index (χ0n) is 21.7. The Balaban J connectivity index is 1.44. The second-order valence-corrected chi connectivity index (χ2v) is 9.55. The van der Waals surface area contributed by atoms with E-state index in [1.807, 2.05) is 48.5 Å². The first-order valence-electron chi connectivity index (χ1n) is 13.4. The van der Waals surface area contributed by atoms with Crippen LogP contribution in [0.4, 0.5) is 11.4 Å². The van der Waals surface area contributed by atoms with Crippen LogP contribution in [0.3, 0.4) is 0 Å². The highest BCUT2D eigenvalue weighted by atomic mass is 16.5. The van der Waals surface area contributed by atoms with Crippen molar-refractivity contribution in [2.45, 2.75) is 38.6 Å². The second kappa shape index (κ2) is 11.3. The van der Waals surface area contributed by atoms with Gasteiger partial charge in [-0.2, -0.15) is 0 Å². The summed E-state index contributed by atoms with van der Waals surface area (Å²) in [6.07, 6.45) is 7.40. The number of fused-ring (bicyclic) bond motifs is 1. The first-order chi connectivity index (χ1) is 18.5. The number of amides is 1. The van der Waals surface area contributed by atoms with Gasteiger partial charge >= 0.3 is 5.97 Å². The monoisotopic (exact) mass is 497 g/mol. The van der Waals surface area contributed by atoms with Gasteiger partial charge in [-0.25, -0.2) is 4.79 Å². The Morgan fingerprint density at radius 1 is 1.03 bits per heavy atom. The lowest BCUT2D eigenvalue weighted by Gasteiger charge is -2.30. The molecule has 1 aliphatic carbocycles. The standard InChI is InChI=1S/C31H32N2O4/c34-30(35)16-11-22-5-4-8-27(19-22)33(31(36)25-6-2-1-3-7-25)21-23-9-12-24(13-10-23)26-14-15-28-29(20-26)37-18-17-32-28/h4-5,8-16,19-20,25,32H,1-3,6-7,17-18,21H2,(H,34,35)/b16-11+/i21D. The number of rotatable bonds is 7. The Kier molecular flexibility index (Phi) is 7.15. The van der Waals surface area contributed by atoms with E-state index in [1.54, 1.807) is 23.1 Å². The number of anilines is 2. The molecule has 2 N–H and O–H groups in total. The number of carbonyl (C=O) groups excluding carboxylic acids is 1. The summed E-state index contributed by atoms with van der Waals surface area (Å²) < 4.78 is 14.9. The van der Waals surface area contributed by atoms with Crippen molar-refractivity contribution in [2.75, 3.05) is 23.4 Å². The molecule has 0 radical (unpaired) electrons. The normalized spacial score (nSPS) is 16.7. The molecule has 0 bridgehead atoms. The maximum absolute atomic E-state index is 13.8. The third-order valence-corrected chi connectivity index (χ3v) is 6.94. The minimum Gasteiger partial charge on any atom is -0.490 e. The summed E-state index contributed by atoms with van der Waals surface area (Å²) in [7, 11) is 0. The van der Waals surface area contributed by atoms with Gasteiger partial charge in [-0.15, -0.1) is 0 Å². The summed E-state index contributed by atoms with van der Waals surface area (Å²) in [6, 6.07) is 21.0. The van der Waals surface area contributed by atoms with Crippen LogP contribution in [0.25, 0.3) is 17.2 Å². The number of hydrogen-bond donors (Lipinski definition) is 2. The van der Waals surface area contributed by atoms with E-state index < -0.39 is 12.5 Å². The summed E-state index contributed by atoms with van der Waals surface area (Å²) in [4.78, 5) is 26.4. The van der Waals surface area contributed by atoms with Crippen LogP contribution in [-0.4, -0.2) is 30.1 Å². The molecule has 3 aromatic rings. The molecule has 1 amide bonds. The van der Waals surface area contributed by atoms with E-state index in [2.05, 4.69) is 5.32 Å². The lowest BCUT2D eigenvalue weighted by atomic mass is 9.88. The van der Waals surface area contributed by atoms with Crippen molar-refractivity contribution in [3.05, 3.63) is 83.9 Å². The molecule has 0 spiro atoms. The van der Waals surface area contributed by atoms with Crippen LogP contribution < -0.4 is 15.0 Å². The number of carboxylic acid groups (broad SMARTS) is 1. The lowest BCUT2D eigenvalue weighted by molar-refractivity contribution is -0.131. The number of ether oxygens (including phenoxy) is 1. The SMILES string of the molecule is [2H]C(c1ccc(-c2ccc3c(c2)OCCN3)cc1)N(C(=O)C1CCCCC1)c1cccc(/C=C/C(=O)O)c1. The zero-order chi connectivity index (χ0) is 26.5. The van der Waals surface area contributed by atoms with Crippen LogP contribution in [0.5, 0.6) is 5.75 Å². The number of nitrogens with zero attached hydrogens (tertiary/aromatic N) is 1. The van der Waals surface area contributed by atoms with E-state index in [4.69, 9.17) is 11.2 Å².